The van der Waals surface area contributed by atoms with E-state index in [0.717, 1.165) is 31.8 Å². The lowest BCUT2D eigenvalue weighted by Crippen LogP contribution is -2.43. The second-order valence-electron chi connectivity index (χ2n) is 6.28. The Balaban J connectivity index is 1.41. The summed E-state index contributed by atoms with van der Waals surface area (Å²) in [7, 11) is 0. The van der Waals surface area contributed by atoms with E-state index in [9.17, 15) is 4.79 Å². The van der Waals surface area contributed by atoms with E-state index in [1.54, 1.807) is 17.3 Å². The van der Waals surface area contributed by atoms with Crippen molar-refractivity contribution in [3.05, 3.63) is 36.8 Å². The summed E-state index contributed by atoms with van der Waals surface area (Å²) >= 11 is 0. The molecule has 1 aliphatic heterocycles. The van der Waals surface area contributed by atoms with Crippen LogP contribution in [0.4, 0.5) is 4.79 Å². The van der Waals surface area contributed by atoms with Gasteiger partial charge in [-0.05, 0) is 44.5 Å². The highest BCUT2D eigenvalue weighted by atomic mass is 16.3. The number of hydrogen-bond donors (Lipinski definition) is 2. The number of amides is 2. The highest BCUT2D eigenvalue weighted by Crippen LogP contribution is 2.24. The Morgan fingerprint density at radius 3 is 2.88 bits per heavy atom. The van der Waals surface area contributed by atoms with Gasteiger partial charge in [0.15, 0.2) is 0 Å². The summed E-state index contributed by atoms with van der Waals surface area (Å²) in [6.07, 6.45) is 9.36. The van der Waals surface area contributed by atoms with Gasteiger partial charge >= 0.3 is 6.03 Å². The van der Waals surface area contributed by atoms with Crippen LogP contribution in [0.5, 0.6) is 0 Å². The molecule has 3 rings (SSSR count). The third kappa shape index (κ3) is 5.32. The van der Waals surface area contributed by atoms with E-state index in [-0.39, 0.29) is 12.1 Å². The first-order chi connectivity index (χ1) is 12.3. The summed E-state index contributed by atoms with van der Waals surface area (Å²) in [5, 5.41) is 9.90. The molecule has 0 aliphatic carbocycles. The Kier molecular flexibility index (Phi) is 6.44. The van der Waals surface area contributed by atoms with Crippen molar-refractivity contribution in [3.63, 3.8) is 0 Å². The molecule has 8 heteroatoms. The topological polar surface area (TPSA) is 88.2 Å². The fraction of sp³-hybridized carbons (Fsp3) is 0.588. The van der Waals surface area contributed by atoms with Crippen LogP contribution in [0.15, 0.2) is 35.5 Å². The zero-order valence-electron chi connectivity index (χ0n) is 14.4. The van der Waals surface area contributed by atoms with Crippen LogP contribution in [0, 0.1) is 0 Å². The average Bonchev–Trinajstić information content (AvgIpc) is 3.34. The fourth-order valence-corrected chi connectivity index (χ4v) is 3.16. The smallest absolute Gasteiger partial charge is 0.314 e. The molecular weight excluding hydrogens is 320 g/mol. The van der Waals surface area contributed by atoms with Gasteiger partial charge in [0.05, 0.1) is 12.3 Å². The molecule has 0 unspecified atom stereocenters. The molecule has 0 aromatic carbocycles. The van der Waals surface area contributed by atoms with Crippen molar-refractivity contribution in [2.75, 3.05) is 26.2 Å². The summed E-state index contributed by atoms with van der Waals surface area (Å²) in [6.45, 7) is 3.98. The first kappa shape index (κ1) is 17.5. The van der Waals surface area contributed by atoms with Crippen LogP contribution in [0.25, 0.3) is 0 Å². The van der Waals surface area contributed by atoms with Crippen LogP contribution in [-0.2, 0) is 6.54 Å². The molecule has 2 aromatic heterocycles. The molecule has 0 spiro atoms. The largest absolute Gasteiger partial charge is 0.468 e. The second kappa shape index (κ2) is 9.22. The summed E-state index contributed by atoms with van der Waals surface area (Å²) in [5.74, 6) is 0.911. The van der Waals surface area contributed by atoms with Gasteiger partial charge in [-0.15, -0.1) is 0 Å². The standard InChI is InChI=1S/C17H26N6O2/c24-17(19-7-5-10-23-14-18-13-21-23)20-12-15(16-6-4-11-25-16)22-8-2-1-3-9-22/h4,6,11,13-15H,1-3,5,7-10,12H2,(H2,19,20,24)/t15-/m1/s1. The first-order valence-corrected chi connectivity index (χ1v) is 8.94. The SMILES string of the molecule is O=C(NCCCn1cncn1)NC[C@H](c1ccco1)N1CCCCC1. The van der Waals surface area contributed by atoms with Crippen molar-refractivity contribution in [2.45, 2.75) is 38.3 Å². The normalized spacial score (nSPS) is 16.5. The van der Waals surface area contributed by atoms with E-state index < -0.39 is 0 Å². The van der Waals surface area contributed by atoms with Gasteiger partial charge in [0.2, 0.25) is 0 Å². The summed E-state index contributed by atoms with van der Waals surface area (Å²) in [5.41, 5.74) is 0. The Hall–Kier alpha value is -2.35. The van der Waals surface area contributed by atoms with Crippen molar-refractivity contribution in [1.82, 2.24) is 30.3 Å². The predicted octanol–water partition coefficient (Wildman–Crippen LogP) is 1.79. The molecule has 25 heavy (non-hydrogen) atoms. The van der Waals surface area contributed by atoms with Crippen molar-refractivity contribution in [1.29, 1.82) is 0 Å². The lowest BCUT2D eigenvalue weighted by Gasteiger charge is -2.33. The summed E-state index contributed by atoms with van der Waals surface area (Å²) in [4.78, 5) is 18.3. The van der Waals surface area contributed by atoms with Crippen LogP contribution in [0.1, 0.15) is 37.5 Å². The highest BCUT2D eigenvalue weighted by Gasteiger charge is 2.24. The van der Waals surface area contributed by atoms with Crippen LogP contribution in [0.3, 0.4) is 0 Å². The molecule has 1 aliphatic rings. The number of rotatable bonds is 8. The molecule has 0 saturated carbocycles. The lowest BCUT2D eigenvalue weighted by molar-refractivity contribution is 0.143. The van der Waals surface area contributed by atoms with Gasteiger partial charge < -0.3 is 15.1 Å². The Labute approximate surface area is 147 Å². The Morgan fingerprint density at radius 1 is 1.28 bits per heavy atom. The minimum Gasteiger partial charge on any atom is -0.468 e. The van der Waals surface area contributed by atoms with Gasteiger partial charge in [-0.1, -0.05) is 6.42 Å². The van der Waals surface area contributed by atoms with Gasteiger partial charge in [0.1, 0.15) is 18.4 Å². The maximum Gasteiger partial charge on any atom is 0.314 e. The van der Waals surface area contributed by atoms with Gasteiger partial charge in [0.25, 0.3) is 0 Å². The predicted molar refractivity (Wildman–Crippen MR) is 92.9 cm³/mol. The third-order valence-corrected chi connectivity index (χ3v) is 4.48. The number of furan rings is 1. The van der Waals surface area contributed by atoms with Crippen LogP contribution in [-0.4, -0.2) is 51.9 Å². The van der Waals surface area contributed by atoms with Gasteiger partial charge in [-0.2, -0.15) is 5.10 Å². The van der Waals surface area contributed by atoms with Crippen molar-refractivity contribution >= 4 is 6.03 Å². The highest BCUT2D eigenvalue weighted by molar-refractivity contribution is 5.73. The van der Waals surface area contributed by atoms with E-state index >= 15 is 0 Å². The van der Waals surface area contributed by atoms with Crippen molar-refractivity contribution in [3.8, 4) is 0 Å². The zero-order valence-corrected chi connectivity index (χ0v) is 14.4. The number of carbonyl (C=O) groups excluding carboxylic acids is 1. The number of nitrogens with one attached hydrogen (secondary N) is 2. The third-order valence-electron chi connectivity index (χ3n) is 4.48. The lowest BCUT2D eigenvalue weighted by atomic mass is 10.1. The number of nitrogens with zero attached hydrogens (tertiary/aromatic N) is 4. The van der Waals surface area contributed by atoms with Crippen LogP contribution in [0.2, 0.25) is 0 Å². The summed E-state index contributed by atoms with van der Waals surface area (Å²) in [6, 6.07) is 3.83. The number of aryl methyl sites for hydroxylation is 1. The van der Waals surface area contributed by atoms with Crippen LogP contribution >= 0.6 is 0 Å². The van der Waals surface area contributed by atoms with Gasteiger partial charge in [-0.3, -0.25) is 9.58 Å². The number of urea groups is 1. The maximum absolute atomic E-state index is 12.1. The number of aromatic nitrogens is 3. The summed E-state index contributed by atoms with van der Waals surface area (Å²) < 4.78 is 7.34. The number of likely N-dealkylation sites (tertiary alicyclic amines) is 1. The molecule has 2 N–H and O–H groups in total. The van der Waals surface area contributed by atoms with Gasteiger partial charge in [-0.25, -0.2) is 9.78 Å². The zero-order chi connectivity index (χ0) is 17.3. The Bertz CT molecular complexity index is 607. The maximum atomic E-state index is 12.1. The monoisotopic (exact) mass is 346 g/mol. The molecule has 8 nitrogen and oxygen atoms in total. The molecular formula is C17H26N6O2. The number of piperidine rings is 1. The van der Waals surface area contributed by atoms with E-state index in [1.807, 2.05) is 12.1 Å². The minimum absolute atomic E-state index is 0.0937. The Morgan fingerprint density at radius 2 is 2.16 bits per heavy atom. The molecule has 1 atom stereocenters. The number of carbonyl (C=O) groups is 1. The van der Waals surface area contributed by atoms with E-state index in [1.165, 1.54) is 25.6 Å². The molecule has 0 bridgehead atoms. The van der Waals surface area contributed by atoms with E-state index in [0.29, 0.717) is 13.1 Å². The van der Waals surface area contributed by atoms with Crippen molar-refractivity contribution in [2.24, 2.45) is 0 Å². The average molecular weight is 346 g/mol. The fourth-order valence-electron chi connectivity index (χ4n) is 3.16. The number of hydrogen-bond acceptors (Lipinski definition) is 5. The van der Waals surface area contributed by atoms with E-state index in [2.05, 4.69) is 25.6 Å². The molecule has 0 radical (unpaired) electrons. The molecule has 1 fully saturated rings. The van der Waals surface area contributed by atoms with Crippen LogP contribution < -0.4 is 10.6 Å². The quantitative estimate of drug-likeness (QED) is 0.712. The van der Waals surface area contributed by atoms with Crippen molar-refractivity contribution < 1.29 is 9.21 Å². The molecule has 2 aromatic rings. The van der Waals surface area contributed by atoms with E-state index in [4.69, 9.17) is 4.42 Å². The molecule has 3 heterocycles. The first-order valence-electron chi connectivity index (χ1n) is 8.94. The minimum atomic E-state index is -0.146. The second-order valence-corrected chi connectivity index (χ2v) is 6.28. The van der Waals surface area contributed by atoms with Gasteiger partial charge in [0, 0.05) is 19.6 Å². The molecule has 136 valence electrons. The molecule has 1 saturated heterocycles. The molecule has 2 amide bonds.